The minimum absolute atomic E-state index is 0.0588. The number of hydrogen-bond donors (Lipinski definition) is 3. The van der Waals surface area contributed by atoms with E-state index >= 15 is 0 Å². The Kier molecular flexibility index (Phi) is 6.93. The minimum Gasteiger partial charge on any atom is -0.508 e. The van der Waals surface area contributed by atoms with E-state index in [1.54, 1.807) is 6.07 Å². The topological polar surface area (TPSA) is 104 Å². The van der Waals surface area contributed by atoms with E-state index in [0.717, 1.165) is 57.2 Å². The molecular formula is C25H37N5O3. The Morgan fingerprint density at radius 1 is 1.06 bits per heavy atom. The predicted octanol–water partition coefficient (Wildman–Crippen LogP) is 4.20. The summed E-state index contributed by atoms with van der Waals surface area (Å²) < 4.78 is 1.94. The van der Waals surface area contributed by atoms with Crippen LogP contribution in [0, 0.1) is 0 Å². The lowest BCUT2D eigenvalue weighted by molar-refractivity contribution is 0.0928. The maximum atomic E-state index is 13.0. The Morgan fingerprint density at radius 2 is 1.73 bits per heavy atom. The number of rotatable bonds is 8. The third kappa shape index (κ3) is 4.86. The summed E-state index contributed by atoms with van der Waals surface area (Å²) in [5, 5.41) is 32.7. The maximum Gasteiger partial charge on any atom is 0.289 e. The van der Waals surface area contributed by atoms with Crippen molar-refractivity contribution >= 4 is 5.91 Å². The van der Waals surface area contributed by atoms with Gasteiger partial charge in [0.25, 0.3) is 5.91 Å². The van der Waals surface area contributed by atoms with Crippen molar-refractivity contribution in [3.05, 3.63) is 23.5 Å². The normalized spacial score (nSPS) is 21.0. The molecule has 0 radical (unpaired) electrons. The van der Waals surface area contributed by atoms with Gasteiger partial charge in [0.1, 0.15) is 11.5 Å². The number of carbonyl (C=O) groups is 1. The Hall–Kier alpha value is -2.61. The van der Waals surface area contributed by atoms with E-state index in [9.17, 15) is 15.0 Å². The fourth-order valence-corrected chi connectivity index (χ4v) is 5.11. The second-order valence-corrected chi connectivity index (χ2v) is 9.73. The average Bonchev–Trinajstić information content (AvgIpc) is 3.49. The van der Waals surface area contributed by atoms with Crippen LogP contribution in [0.5, 0.6) is 11.5 Å². The van der Waals surface area contributed by atoms with Gasteiger partial charge >= 0.3 is 0 Å². The van der Waals surface area contributed by atoms with Crippen molar-refractivity contribution in [3.63, 3.8) is 0 Å². The van der Waals surface area contributed by atoms with Crippen LogP contribution in [0.4, 0.5) is 0 Å². The SMILES string of the molecule is CCN(CC)C1CCC(n2c(C(=O)NC3CC3)nnc2-c2cc(C(C)C)c(O)cc2O)CC1. The van der Waals surface area contributed by atoms with Crippen LogP contribution in [0.15, 0.2) is 12.1 Å². The van der Waals surface area contributed by atoms with Gasteiger partial charge in [-0.15, -0.1) is 10.2 Å². The molecule has 1 aromatic carbocycles. The fraction of sp³-hybridized carbons (Fsp3) is 0.640. The highest BCUT2D eigenvalue weighted by Crippen LogP contribution is 2.40. The zero-order valence-corrected chi connectivity index (χ0v) is 20.2. The summed E-state index contributed by atoms with van der Waals surface area (Å²) in [4.78, 5) is 15.5. The number of aromatic nitrogens is 3. The van der Waals surface area contributed by atoms with Gasteiger partial charge in [0, 0.05) is 24.2 Å². The quantitative estimate of drug-likeness (QED) is 0.551. The molecule has 4 rings (SSSR count). The largest absolute Gasteiger partial charge is 0.508 e. The van der Waals surface area contributed by atoms with Gasteiger partial charge in [0.05, 0.1) is 5.56 Å². The lowest BCUT2D eigenvalue weighted by Gasteiger charge is -2.36. The number of phenols is 2. The summed E-state index contributed by atoms with van der Waals surface area (Å²) in [5.74, 6) is 0.663. The summed E-state index contributed by atoms with van der Waals surface area (Å²) in [6.07, 6.45) is 5.94. The molecule has 0 spiro atoms. The van der Waals surface area contributed by atoms with E-state index in [4.69, 9.17) is 0 Å². The van der Waals surface area contributed by atoms with E-state index < -0.39 is 0 Å². The van der Waals surface area contributed by atoms with E-state index in [1.807, 2.05) is 18.4 Å². The van der Waals surface area contributed by atoms with Crippen LogP contribution < -0.4 is 5.32 Å². The Labute approximate surface area is 196 Å². The lowest BCUT2D eigenvalue weighted by Crippen LogP contribution is -2.39. The standard InChI is InChI=1S/C25H37N5O3/c1-5-29(6-2)17-9-11-18(12-10-17)30-23(27-28-24(30)25(33)26-16-7-8-16)20-13-19(15(3)4)21(31)14-22(20)32/h13-18,31-32H,5-12H2,1-4H3,(H,26,33). The number of nitrogens with zero attached hydrogens (tertiary/aromatic N) is 4. The van der Waals surface area contributed by atoms with Crippen molar-refractivity contribution in [3.8, 4) is 22.9 Å². The fourth-order valence-electron chi connectivity index (χ4n) is 5.11. The highest BCUT2D eigenvalue weighted by atomic mass is 16.3. The second kappa shape index (κ2) is 9.71. The third-order valence-electron chi connectivity index (χ3n) is 7.18. The van der Waals surface area contributed by atoms with Crippen molar-refractivity contribution in [1.29, 1.82) is 0 Å². The number of nitrogens with one attached hydrogen (secondary N) is 1. The maximum absolute atomic E-state index is 13.0. The molecule has 1 amide bonds. The molecule has 33 heavy (non-hydrogen) atoms. The molecule has 8 heteroatoms. The van der Waals surface area contributed by atoms with Crippen LogP contribution in [0.3, 0.4) is 0 Å². The van der Waals surface area contributed by atoms with Crippen molar-refractivity contribution in [2.75, 3.05) is 13.1 Å². The molecule has 8 nitrogen and oxygen atoms in total. The highest BCUT2D eigenvalue weighted by molar-refractivity contribution is 5.92. The van der Waals surface area contributed by atoms with Crippen molar-refractivity contribution < 1.29 is 15.0 Å². The molecule has 0 unspecified atom stereocenters. The molecule has 2 aliphatic carbocycles. The Morgan fingerprint density at radius 3 is 2.30 bits per heavy atom. The number of amides is 1. The van der Waals surface area contributed by atoms with Gasteiger partial charge < -0.3 is 20.4 Å². The van der Waals surface area contributed by atoms with Crippen LogP contribution in [0.1, 0.15) is 94.4 Å². The zero-order chi connectivity index (χ0) is 23.7. The van der Waals surface area contributed by atoms with Gasteiger partial charge in [-0.3, -0.25) is 9.36 Å². The first kappa shape index (κ1) is 23.5. The summed E-state index contributed by atoms with van der Waals surface area (Å²) in [6.45, 7) is 10.5. The van der Waals surface area contributed by atoms with Gasteiger partial charge in [-0.1, -0.05) is 27.7 Å². The number of carbonyl (C=O) groups excluding carboxylic acids is 1. The first-order valence-electron chi connectivity index (χ1n) is 12.4. The number of aromatic hydroxyl groups is 2. The molecule has 0 aliphatic heterocycles. The van der Waals surface area contributed by atoms with Gasteiger partial charge in [-0.05, 0) is 69.2 Å². The van der Waals surface area contributed by atoms with Crippen LogP contribution in [0.25, 0.3) is 11.4 Å². The molecule has 0 atom stereocenters. The van der Waals surface area contributed by atoms with E-state index in [-0.39, 0.29) is 35.4 Å². The highest BCUT2D eigenvalue weighted by Gasteiger charge is 2.33. The molecule has 0 saturated heterocycles. The first-order chi connectivity index (χ1) is 15.8. The second-order valence-electron chi connectivity index (χ2n) is 9.73. The Balaban J connectivity index is 1.71. The van der Waals surface area contributed by atoms with Crippen LogP contribution >= 0.6 is 0 Å². The van der Waals surface area contributed by atoms with Crippen molar-refractivity contribution in [2.45, 2.75) is 90.3 Å². The molecule has 3 N–H and O–H groups in total. The van der Waals surface area contributed by atoms with Gasteiger partial charge in [0.15, 0.2) is 5.82 Å². The smallest absolute Gasteiger partial charge is 0.289 e. The monoisotopic (exact) mass is 455 g/mol. The molecule has 1 aromatic heterocycles. The molecule has 0 bridgehead atoms. The van der Waals surface area contributed by atoms with Crippen LogP contribution in [0.2, 0.25) is 0 Å². The number of hydrogen-bond acceptors (Lipinski definition) is 6. The zero-order valence-electron chi connectivity index (χ0n) is 20.2. The molecule has 2 fully saturated rings. The molecule has 180 valence electrons. The molecule has 2 aliphatic rings. The third-order valence-corrected chi connectivity index (χ3v) is 7.18. The summed E-state index contributed by atoms with van der Waals surface area (Å²) in [7, 11) is 0. The molecule has 2 saturated carbocycles. The van der Waals surface area contributed by atoms with Gasteiger partial charge in [-0.2, -0.15) is 0 Å². The lowest BCUT2D eigenvalue weighted by atomic mass is 9.89. The Bertz CT molecular complexity index is 986. The van der Waals surface area contributed by atoms with Crippen LogP contribution in [-0.4, -0.2) is 61.0 Å². The summed E-state index contributed by atoms with van der Waals surface area (Å²) in [6, 6.07) is 4.00. The van der Waals surface area contributed by atoms with Gasteiger partial charge in [-0.25, -0.2) is 0 Å². The molecule has 2 aromatic rings. The average molecular weight is 456 g/mol. The van der Waals surface area contributed by atoms with Crippen molar-refractivity contribution in [2.24, 2.45) is 0 Å². The van der Waals surface area contributed by atoms with Gasteiger partial charge in [0.2, 0.25) is 5.82 Å². The van der Waals surface area contributed by atoms with E-state index in [1.165, 1.54) is 6.07 Å². The van der Waals surface area contributed by atoms with E-state index in [2.05, 4.69) is 34.3 Å². The van der Waals surface area contributed by atoms with Crippen molar-refractivity contribution in [1.82, 2.24) is 25.0 Å². The number of benzene rings is 1. The van der Waals surface area contributed by atoms with Crippen LogP contribution in [-0.2, 0) is 0 Å². The summed E-state index contributed by atoms with van der Waals surface area (Å²) >= 11 is 0. The predicted molar refractivity (Wildman–Crippen MR) is 128 cm³/mol. The molecular weight excluding hydrogens is 418 g/mol. The number of phenolic OH excluding ortho intramolecular Hbond substituents is 2. The minimum atomic E-state index is -0.204. The summed E-state index contributed by atoms with van der Waals surface area (Å²) in [5.41, 5.74) is 1.23. The first-order valence-corrected chi connectivity index (χ1v) is 12.4. The molecule has 1 heterocycles. The van der Waals surface area contributed by atoms with E-state index in [0.29, 0.717) is 23.3 Å².